The van der Waals surface area contributed by atoms with Crippen molar-refractivity contribution in [2.45, 2.75) is 6.42 Å². The van der Waals surface area contributed by atoms with Crippen LogP contribution in [0, 0.1) is 0 Å². The van der Waals surface area contributed by atoms with Crippen LogP contribution in [0.4, 0.5) is 0 Å². The molecular weight excluding hydrogens is 241 g/mol. The van der Waals surface area contributed by atoms with E-state index >= 15 is 0 Å². The predicted octanol–water partition coefficient (Wildman–Crippen LogP) is 2.83. The van der Waals surface area contributed by atoms with Crippen molar-refractivity contribution < 1.29 is 0 Å². The number of rotatable bonds is 2. The van der Waals surface area contributed by atoms with Crippen molar-refractivity contribution in [1.29, 1.82) is 0 Å². The van der Waals surface area contributed by atoms with Crippen LogP contribution in [0.25, 0.3) is 0 Å². The molecule has 0 saturated heterocycles. The normalized spacial score (nSPS) is 10.4. The summed E-state index contributed by atoms with van der Waals surface area (Å²) in [6.07, 6.45) is 2.40. The molecule has 72 valence electrons. The largest absolute Gasteiger partial charge is 0.249 e. The van der Waals surface area contributed by atoms with Gasteiger partial charge in [0.25, 0.3) is 0 Å². The minimum atomic E-state index is 0.348. The molecule has 2 rings (SSSR count). The van der Waals surface area contributed by atoms with Gasteiger partial charge in [-0.15, -0.1) is 21.5 Å². The Balaban J connectivity index is 2.28. The van der Waals surface area contributed by atoms with E-state index in [0.717, 1.165) is 10.6 Å². The molecule has 0 amide bonds. The minimum absolute atomic E-state index is 0.348. The Bertz CT molecular complexity index is 430. The van der Waals surface area contributed by atoms with Crippen molar-refractivity contribution in [2.24, 2.45) is 0 Å². The summed E-state index contributed by atoms with van der Waals surface area (Å²) >= 11 is 13.1. The second-order valence-corrected chi connectivity index (χ2v) is 4.31. The zero-order valence-corrected chi connectivity index (χ0v) is 9.27. The van der Waals surface area contributed by atoms with Gasteiger partial charge in [-0.05, 0) is 6.07 Å². The van der Waals surface area contributed by atoms with Crippen LogP contribution < -0.4 is 0 Å². The maximum absolute atomic E-state index is 5.86. The number of hydrogen-bond donors (Lipinski definition) is 0. The lowest BCUT2D eigenvalue weighted by Crippen LogP contribution is -1.93. The van der Waals surface area contributed by atoms with Crippen molar-refractivity contribution in [3.8, 4) is 0 Å². The van der Waals surface area contributed by atoms with Crippen LogP contribution in [0.3, 0.4) is 0 Å². The van der Waals surface area contributed by atoms with Gasteiger partial charge in [0.1, 0.15) is 0 Å². The van der Waals surface area contributed by atoms with Crippen LogP contribution in [-0.4, -0.2) is 15.2 Å². The van der Waals surface area contributed by atoms with E-state index in [-0.39, 0.29) is 0 Å². The second-order valence-electron chi connectivity index (χ2n) is 2.59. The fourth-order valence-corrected chi connectivity index (χ4v) is 1.98. The maximum atomic E-state index is 5.86. The SMILES string of the molecule is Clc1cc(Cc2nccs2)c(Cl)nn1. The summed E-state index contributed by atoms with van der Waals surface area (Å²) in [5, 5.41) is 11.0. The zero-order chi connectivity index (χ0) is 9.97. The van der Waals surface area contributed by atoms with E-state index in [1.54, 1.807) is 23.6 Å². The smallest absolute Gasteiger partial charge is 0.155 e. The first-order chi connectivity index (χ1) is 6.75. The molecular formula is C8H5Cl2N3S. The standard InChI is InChI=1S/C8H5Cl2N3S/c9-6-3-5(8(10)13-12-6)4-7-11-1-2-14-7/h1-3H,4H2. The third-order valence-corrected chi connectivity index (χ3v) is 2.90. The van der Waals surface area contributed by atoms with Crippen LogP contribution in [0.15, 0.2) is 17.6 Å². The van der Waals surface area contributed by atoms with Crippen LogP contribution in [-0.2, 0) is 6.42 Å². The molecule has 0 fully saturated rings. The highest BCUT2D eigenvalue weighted by molar-refractivity contribution is 7.09. The molecule has 2 heterocycles. The number of thiazole rings is 1. The number of aromatic nitrogens is 3. The third-order valence-electron chi connectivity index (χ3n) is 1.62. The zero-order valence-electron chi connectivity index (χ0n) is 6.94. The summed E-state index contributed by atoms with van der Waals surface area (Å²) < 4.78 is 0. The van der Waals surface area contributed by atoms with Gasteiger partial charge in [-0.3, -0.25) is 0 Å². The van der Waals surface area contributed by atoms with E-state index in [2.05, 4.69) is 15.2 Å². The lowest BCUT2D eigenvalue weighted by atomic mass is 10.2. The molecule has 0 unspecified atom stereocenters. The predicted molar refractivity (Wildman–Crippen MR) is 57.0 cm³/mol. The quantitative estimate of drug-likeness (QED) is 0.817. The van der Waals surface area contributed by atoms with E-state index in [4.69, 9.17) is 23.2 Å². The fourth-order valence-electron chi connectivity index (χ4n) is 1.02. The lowest BCUT2D eigenvalue weighted by molar-refractivity contribution is 0.991. The molecule has 0 aliphatic heterocycles. The monoisotopic (exact) mass is 245 g/mol. The molecule has 3 nitrogen and oxygen atoms in total. The highest BCUT2D eigenvalue weighted by atomic mass is 35.5. The summed E-state index contributed by atoms with van der Waals surface area (Å²) in [6, 6.07) is 1.71. The minimum Gasteiger partial charge on any atom is -0.249 e. The van der Waals surface area contributed by atoms with Crippen molar-refractivity contribution in [1.82, 2.24) is 15.2 Å². The Morgan fingerprint density at radius 2 is 2.14 bits per heavy atom. The van der Waals surface area contributed by atoms with Gasteiger partial charge in [-0.1, -0.05) is 23.2 Å². The van der Waals surface area contributed by atoms with Crippen molar-refractivity contribution in [3.05, 3.63) is 38.5 Å². The molecule has 6 heteroatoms. The van der Waals surface area contributed by atoms with E-state index in [0.29, 0.717) is 16.7 Å². The third kappa shape index (κ3) is 2.20. The van der Waals surface area contributed by atoms with Gasteiger partial charge in [0, 0.05) is 23.6 Å². The molecule has 14 heavy (non-hydrogen) atoms. The molecule has 0 radical (unpaired) electrons. The van der Waals surface area contributed by atoms with Gasteiger partial charge >= 0.3 is 0 Å². The number of nitrogens with zero attached hydrogens (tertiary/aromatic N) is 3. The van der Waals surface area contributed by atoms with Crippen LogP contribution >= 0.6 is 34.5 Å². The van der Waals surface area contributed by atoms with Crippen molar-refractivity contribution in [2.75, 3.05) is 0 Å². The molecule has 0 N–H and O–H groups in total. The van der Waals surface area contributed by atoms with Crippen LogP contribution in [0.2, 0.25) is 10.3 Å². The highest BCUT2D eigenvalue weighted by Crippen LogP contribution is 2.19. The van der Waals surface area contributed by atoms with Gasteiger partial charge < -0.3 is 0 Å². The van der Waals surface area contributed by atoms with Gasteiger partial charge in [0.15, 0.2) is 10.3 Å². The summed E-state index contributed by atoms with van der Waals surface area (Å²) in [5.41, 5.74) is 0.849. The van der Waals surface area contributed by atoms with E-state index in [1.807, 2.05) is 5.38 Å². The molecule has 0 aliphatic rings. The Morgan fingerprint density at radius 3 is 2.86 bits per heavy atom. The topological polar surface area (TPSA) is 38.7 Å². The first-order valence-corrected chi connectivity index (χ1v) is 5.45. The summed E-state index contributed by atoms with van der Waals surface area (Å²) in [5.74, 6) is 0. The van der Waals surface area contributed by atoms with Crippen LogP contribution in [0.5, 0.6) is 0 Å². The molecule has 2 aromatic heterocycles. The van der Waals surface area contributed by atoms with E-state index < -0.39 is 0 Å². The molecule has 0 spiro atoms. The number of halogens is 2. The van der Waals surface area contributed by atoms with Crippen molar-refractivity contribution in [3.63, 3.8) is 0 Å². The molecule has 0 aliphatic carbocycles. The molecule has 0 aromatic carbocycles. The van der Waals surface area contributed by atoms with Gasteiger partial charge in [0.05, 0.1) is 5.01 Å². The Morgan fingerprint density at radius 1 is 1.29 bits per heavy atom. The molecule has 2 aromatic rings. The van der Waals surface area contributed by atoms with Crippen LogP contribution in [0.1, 0.15) is 10.6 Å². The average Bonchev–Trinajstić information content (AvgIpc) is 2.64. The Hall–Kier alpha value is -0.710. The average molecular weight is 246 g/mol. The second kappa shape index (κ2) is 4.21. The fraction of sp³-hybridized carbons (Fsp3) is 0.125. The highest BCUT2D eigenvalue weighted by Gasteiger charge is 2.06. The van der Waals surface area contributed by atoms with Crippen molar-refractivity contribution >= 4 is 34.5 Å². The van der Waals surface area contributed by atoms with Gasteiger partial charge in [-0.2, -0.15) is 0 Å². The first-order valence-electron chi connectivity index (χ1n) is 3.81. The summed E-state index contributed by atoms with van der Waals surface area (Å²) in [7, 11) is 0. The molecule has 0 bridgehead atoms. The Labute approximate surface area is 94.7 Å². The molecule has 0 saturated carbocycles. The van der Waals surface area contributed by atoms with Gasteiger partial charge in [-0.25, -0.2) is 4.98 Å². The summed E-state index contributed by atoms with van der Waals surface area (Å²) in [4.78, 5) is 4.15. The lowest BCUT2D eigenvalue weighted by Gasteiger charge is -1.99. The summed E-state index contributed by atoms with van der Waals surface area (Å²) in [6.45, 7) is 0. The Kier molecular flexibility index (Phi) is 2.96. The first kappa shape index (κ1) is 9.83. The number of hydrogen-bond acceptors (Lipinski definition) is 4. The maximum Gasteiger partial charge on any atom is 0.155 e. The van der Waals surface area contributed by atoms with E-state index in [1.165, 1.54) is 0 Å². The van der Waals surface area contributed by atoms with E-state index in [9.17, 15) is 0 Å². The van der Waals surface area contributed by atoms with Gasteiger partial charge in [0.2, 0.25) is 0 Å². The molecule has 0 atom stereocenters.